The number of aryl methyl sites for hydroxylation is 3. The molecule has 0 unspecified atom stereocenters. The molecular weight excluding hydrogens is 338 g/mol. The van der Waals surface area contributed by atoms with Gasteiger partial charge < -0.3 is 10.1 Å². The maximum absolute atomic E-state index is 12.3. The van der Waals surface area contributed by atoms with Crippen LogP contribution in [-0.4, -0.2) is 29.3 Å². The Balaban J connectivity index is 1.53. The summed E-state index contributed by atoms with van der Waals surface area (Å²) < 4.78 is 7.19. The van der Waals surface area contributed by atoms with E-state index in [-0.39, 0.29) is 5.91 Å². The molecule has 27 heavy (non-hydrogen) atoms. The molecule has 1 heterocycles. The molecule has 2 aromatic carbocycles. The van der Waals surface area contributed by atoms with Crippen molar-refractivity contribution in [1.29, 1.82) is 0 Å². The molecule has 5 heteroatoms. The van der Waals surface area contributed by atoms with Crippen molar-refractivity contribution < 1.29 is 9.53 Å². The van der Waals surface area contributed by atoms with Gasteiger partial charge in [-0.3, -0.25) is 4.79 Å². The second-order valence-electron chi connectivity index (χ2n) is 6.56. The Morgan fingerprint density at radius 1 is 1.15 bits per heavy atom. The number of nitrogens with zero attached hydrogens (tertiary/aromatic N) is 2. The van der Waals surface area contributed by atoms with Crippen LogP contribution in [0, 0.1) is 13.8 Å². The van der Waals surface area contributed by atoms with E-state index < -0.39 is 0 Å². The van der Waals surface area contributed by atoms with Gasteiger partial charge in [0, 0.05) is 18.3 Å². The first-order valence-corrected chi connectivity index (χ1v) is 9.12. The minimum absolute atomic E-state index is 0.0787. The number of aromatic nitrogens is 2. The summed E-state index contributed by atoms with van der Waals surface area (Å²) in [6.45, 7) is 4.59. The number of nitrogens with one attached hydrogen (secondary N) is 1. The summed E-state index contributed by atoms with van der Waals surface area (Å²) >= 11 is 0. The zero-order valence-electron chi connectivity index (χ0n) is 16.0. The molecule has 3 aromatic rings. The maximum atomic E-state index is 12.3. The van der Waals surface area contributed by atoms with E-state index in [4.69, 9.17) is 4.74 Å². The first kappa shape index (κ1) is 18.7. The third kappa shape index (κ3) is 4.56. The summed E-state index contributed by atoms with van der Waals surface area (Å²) in [5.74, 6) is 0.650. The van der Waals surface area contributed by atoms with Gasteiger partial charge >= 0.3 is 0 Å². The van der Waals surface area contributed by atoms with E-state index in [0.29, 0.717) is 12.1 Å². The average Bonchev–Trinajstić information content (AvgIpc) is 3.07. The number of carbonyl (C=O) groups is 1. The SMILES string of the molecule is COc1cc(C(=O)NCCCc2cn(-c3ccccc3)nc2C)ccc1C. The van der Waals surface area contributed by atoms with Crippen molar-refractivity contribution in [3.05, 3.63) is 77.1 Å². The normalized spacial score (nSPS) is 10.6. The fourth-order valence-corrected chi connectivity index (χ4v) is 3.00. The van der Waals surface area contributed by atoms with Crippen molar-refractivity contribution in [2.75, 3.05) is 13.7 Å². The van der Waals surface area contributed by atoms with Crippen LogP contribution in [0.1, 0.15) is 33.6 Å². The highest BCUT2D eigenvalue weighted by atomic mass is 16.5. The molecule has 3 rings (SSSR count). The van der Waals surface area contributed by atoms with E-state index in [2.05, 4.69) is 16.6 Å². The number of methoxy groups -OCH3 is 1. The Hall–Kier alpha value is -3.08. The standard InChI is InChI=1S/C22H25N3O2/c1-16-11-12-18(14-21(16)27-3)22(26)23-13-7-8-19-15-25(24-17(19)2)20-9-5-4-6-10-20/h4-6,9-12,14-15H,7-8,13H2,1-3H3,(H,23,26). The topological polar surface area (TPSA) is 56.1 Å². The summed E-state index contributed by atoms with van der Waals surface area (Å²) in [6, 6.07) is 15.6. The van der Waals surface area contributed by atoms with E-state index in [1.165, 1.54) is 5.56 Å². The molecule has 0 aliphatic rings. The monoisotopic (exact) mass is 363 g/mol. The molecule has 0 saturated heterocycles. The van der Waals surface area contributed by atoms with Crippen LogP contribution in [0.15, 0.2) is 54.7 Å². The van der Waals surface area contributed by atoms with Crippen LogP contribution in [0.5, 0.6) is 5.75 Å². The van der Waals surface area contributed by atoms with Gasteiger partial charge in [-0.05, 0) is 62.1 Å². The molecule has 1 amide bonds. The second-order valence-corrected chi connectivity index (χ2v) is 6.56. The van der Waals surface area contributed by atoms with Crippen LogP contribution >= 0.6 is 0 Å². The van der Waals surface area contributed by atoms with E-state index in [0.717, 1.165) is 35.5 Å². The van der Waals surface area contributed by atoms with Crippen molar-refractivity contribution in [1.82, 2.24) is 15.1 Å². The number of ether oxygens (including phenoxy) is 1. The molecule has 0 aliphatic carbocycles. The lowest BCUT2D eigenvalue weighted by atomic mass is 10.1. The van der Waals surface area contributed by atoms with Crippen molar-refractivity contribution in [2.24, 2.45) is 0 Å². The molecule has 0 radical (unpaired) electrons. The van der Waals surface area contributed by atoms with Crippen LogP contribution in [0.4, 0.5) is 0 Å². The summed E-state index contributed by atoms with van der Waals surface area (Å²) in [6.07, 6.45) is 3.80. The van der Waals surface area contributed by atoms with E-state index >= 15 is 0 Å². The molecule has 1 aromatic heterocycles. The zero-order chi connectivity index (χ0) is 19.2. The van der Waals surface area contributed by atoms with Gasteiger partial charge in [-0.1, -0.05) is 24.3 Å². The van der Waals surface area contributed by atoms with Gasteiger partial charge in [-0.25, -0.2) is 4.68 Å². The number of para-hydroxylation sites is 1. The van der Waals surface area contributed by atoms with Crippen LogP contribution in [-0.2, 0) is 6.42 Å². The lowest BCUT2D eigenvalue weighted by Crippen LogP contribution is -2.24. The van der Waals surface area contributed by atoms with Crippen LogP contribution in [0.3, 0.4) is 0 Å². The van der Waals surface area contributed by atoms with Gasteiger partial charge in [0.15, 0.2) is 0 Å². The molecule has 0 fully saturated rings. The van der Waals surface area contributed by atoms with Crippen molar-refractivity contribution >= 4 is 5.91 Å². The Kier molecular flexibility index (Phi) is 5.91. The smallest absolute Gasteiger partial charge is 0.251 e. The van der Waals surface area contributed by atoms with Gasteiger partial charge in [0.2, 0.25) is 0 Å². The van der Waals surface area contributed by atoms with Gasteiger partial charge in [-0.2, -0.15) is 5.10 Å². The highest BCUT2D eigenvalue weighted by molar-refractivity contribution is 5.94. The Bertz CT molecular complexity index is 917. The average molecular weight is 363 g/mol. The third-order valence-electron chi connectivity index (χ3n) is 4.60. The highest BCUT2D eigenvalue weighted by Crippen LogP contribution is 2.19. The van der Waals surface area contributed by atoms with Crippen LogP contribution in [0.25, 0.3) is 5.69 Å². The van der Waals surface area contributed by atoms with Crippen molar-refractivity contribution in [3.63, 3.8) is 0 Å². The summed E-state index contributed by atoms with van der Waals surface area (Å²) in [5, 5.41) is 7.56. The van der Waals surface area contributed by atoms with Gasteiger partial charge in [-0.15, -0.1) is 0 Å². The number of carbonyl (C=O) groups excluding carboxylic acids is 1. The molecule has 5 nitrogen and oxygen atoms in total. The largest absolute Gasteiger partial charge is 0.496 e. The third-order valence-corrected chi connectivity index (χ3v) is 4.60. The van der Waals surface area contributed by atoms with Crippen molar-refractivity contribution in [3.8, 4) is 11.4 Å². The summed E-state index contributed by atoms with van der Waals surface area (Å²) in [4.78, 5) is 12.3. The van der Waals surface area contributed by atoms with Gasteiger partial charge in [0.05, 0.1) is 18.5 Å². The first-order chi connectivity index (χ1) is 13.1. The fraction of sp³-hybridized carbons (Fsp3) is 0.273. The fourth-order valence-electron chi connectivity index (χ4n) is 3.00. The number of benzene rings is 2. The second kappa shape index (κ2) is 8.54. The lowest BCUT2D eigenvalue weighted by Gasteiger charge is -2.08. The maximum Gasteiger partial charge on any atom is 0.251 e. The molecule has 0 bridgehead atoms. The molecule has 0 atom stereocenters. The van der Waals surface area contributed by atoms with E-state index in [1.807, 2.05) is 61.0 Å². The number of rotatable bonds is 7. The van der Waals surface area contributed by atoms with E-state index in [1.54, 1.807) is 13.2 Å². The van der Waals surface area contributed by atoms with Crippen molar-refractivity contribution in [2.45, 2.75) is 26.7 Å². The molecule has 140 valence electrons. The number of hydrogen-bond acceptors (Lipinski definition) is 3. The van der Waals surface area contributed by atoms with Crippen LogP contribution in [0.2, 0.25) is 0 Å². The molecule has 0 saturated carbocycles. The molecule has 0 aliphatic heterocycles. The first-order valence-electron chi connectivity index (χ1n) is 9.12. The van der Waals surface area contributed by atoms with E-state index in [9.17, 15) is 4.79 Å². The van der Waals surface area contributed by atoms with Crippen LogP contribution < -0.4 is 10.1 Å². The molecule has 0 spiro atoms. The van der Waals surface area contributed by atoms with Gasteiger partial charge in [0.1, 0.15) is 5.75 Å². The quantitative estimate of drug-likeness (QED) is 0.649. The highest BCUT2D eigenvalue weighted by Gasteiger charge is 2.09. The number of amides is 1. The predicted octanol–water partition coefficient (Wildman–Crippen LogP) is 3.86. The van der Waals surface area contributed by atoms with Gasteiger partial charge in [0.25, 0.3) is 5.91 Å². The Morgan fingerprint density at radius 3 is 2.67 bits per heavy atom. The lowest BCUT2D eigenvalue weighted by molar-refractivity contribution is 0.0953. The Morgan fingerprint density at radius 2 is 1.93 bits per heavy atom. The summed E-state index contributed by atoms with van der Waals surface area (Å²) in [7, 11) is 1.61. The zero-order valence-corrected chi connectivity index (χ0v) is 16.0. The minimum atomic E-state index is -0.0787. The Labute approximate surface area is 160 Å². The number of hydrogen-bond donors (Lipinski definition) is 1. The molecule has 1 N–H and O–H groups in total. The minimum Gasteiger partial charge on any atom is -0.496 e. The predicted molar refractivity (Wildman–Crippen MR) is 107 cm³/mol. The molecular formula is C22H25N3O2. The summed E-state index contributed by atoms with van der Waals surface area (Å²) in [5.41, 5.74) is 4.90.